The summed E-state index contributed by atoms with van der Waals surface area (Å²) in [7, 11) is 1.47. The number of fused-ring (bicyclic) bond motifs is 3. The summed E-state index contributed by atoms with van der Waals surface area (Å²) in [5.41, 5.74) is 1.80. The van der Waals surface area contributed by atoms with Crippen molar-refractivity contribution >= 4 is 39.9 Å². The number of benzene rings is 1. The highest BCUT2D eigenvalue weighted by Gasteiger charge is 2.40. The first kappa shape index (κ1) is 20.0. The van der Waals surface area contributed by atoms with Crippen molar-refractivity contribution in [2.75, 3.05) is 7.11 Å². The van der Waals surface area contributed by atoms with Crippen molar-refractivity contribution in [1.82, 2.24) is 15.0 Å². The van der Waals surface area contributed by atoms with Crippen LogP contribution in [-0.4, -0.2) is 34.3 Å². The zero-order chi connectivity index (χ0) is 20.7. The Bertz CT molecular complexity index is 1070. The molecule has 0 bridgehead atoms. The van der Waals surface area contributed by atoms with Gasteiger partial charge in [0, 0.05) is 17.5 Å². The number of carbonyl (C=O) groups is 1. The fourth-order valence-electron chi connectivity index (χ4n) is 4.06. The molecule has 0 spiro atoms. The van der Waals surface area contributed by atoms with E-state index in [2.05, 4.69) is 15.0 Å². The lowest BCUT2D eigenvalue weighted by molar-refractivity contribution is 0.0697. The smallest absolute Gasteiger partial charge is 0.245 e. The minimum Gasteiger partial charge on any atom is -0.494 e. The molecule has 1 N–H and O–H groups in total. The highest BCUT2D eigenvalue weighted by atomic mass is 35.5. The van der Waals surface area contributed by atoms with Crippen LogP contribution in [0.4, 0.5) is 8.78 Å². The minimum absolute atomic E-state index is 0.00151. The van der Waals surface area contributed by atoms with Crippen LogP contribution in [0.25, 0.3) is 10.9 Å². The molecule has 0 aliphatic heterocycles. The Labute approximate surface area is 175 Å². The maximum Gasteiger partial charge on any atom is 0.245 e. The van der Waals surface area contributed by atoms with Crippen LogP contribution in [-0.2, 0) is 6.42 Å². The molecular formula is C20H17Cl2F2N3O2. The van der Waals surface area contributed by atoms with E-state index in [0.717, 1.165) is 5.69 Å². The lowest BCUT2D eigenvalue weighted by Crippen LogP contribution is -2.28. The normalized spacial score (nSPS) is 18.8. The van der Waals surface area contributed by atoms with Crippen molar-refractivity contribution in [3.63, 3.8) is 0 Å². The number of ketones is 1. The summed E-state index contributed by atoms with van der Waals surface area (Å²) in [5.74, 6) is -1.57. The molecule has 152 valence electrons. The Morgan fingerprint density at radius 3 is 2.69 bits per heavy atom. The Balaban J connectivity index is 1.68. The van der Waals surface area contributed by atoms with E-state index in [9.17, 15) is 13.6 Å². The molecule has 0 saturated carbocycles. The van der Waals surface area contributed by atoms with Crippen LogP contribution >= 0.6 is 23.2 Å². The number of rotatable bonds is 5. The molecule has 0 amide bonds. The van der Waals surface area contributed by atoms with Crippen molar-refractivity contribution in [1.29, 1.82) is 0 Å². The lowest BCUT2D eigenvalue weighted by atomic mass is 9.74. The lowest BCUT2D eigenvalue weighted by Gasteiger charge is -2.31. The molecule has 2 aromatic heterocycles. The van der Waals surface area contributed by atoms with Gasteiger partial charge in [-0.15, -0.1) is 0 Å². The topological polar surface area (TPSA) is 67.9 Å². The van der Waals surface area contributed by atoms with Gasteiger partial charge in [0.25, 0.3) is 0 Å². The number of ether oxygens (including phenoxy) is 1. The molecule has 0 fully saturated rings. The van der Waals surface area contributed by atoms with Crippen molar-refractivity contribution in [3.8, 4) is 5.75 Å². The van der Waals surface area contributed by atoms with Gasteiger partial charge < -0.3 is 9.72 Å². The number of carbonyl (C=O) groups excluding carboxylic acids is 1. The maximum absolute atomic E-state index is 14.2. The van der Waals surface area contributed by atoms with Gasteiger partial charge in [0.1, 0.15) is 0 Å². The van der Waals surface area contributed by atoms with Gasteiger partial charge in [0.05, 0.1) is 41.0 Å². The first-order valence-electron chi connectivity index (χ1n) is 9.06. The highest BCUT2D eigenvalue weighted by molar-refractivity contribution is 6.45. The van der Waals surface area contributed by atoms with E-state index in [-0.39, 0.29) is 18.0 Å². The second kappa shape index (κ2) is 7.88. The van der Waals surface area contributed by atoms with Crippen LogP contribution in [0.15, 0.2) is 24.5 Å². The van der Waals surface area contributed by atoms with Crippen molar-refractivity contribution in [2.45, 2.75) is 31.6 Å². The third-order valence-electron chi connectivity index (χ3n) is 5.42. The van der Waals surface area contributed by atoms with Crippen LogP contribution in [0.2, 0.25) is 10.0 Å². The number of methoxy groups -OCH3 is 1. The number of H-pyrrole nitrogens is 1. The van der Waals surface area contributed by atoms with E-state index in [4.69, 9.17) is 27.9 Å². The molecule has 29 heavy (non-hydrogen) atoms. The molecule has 2 atom stereocenters. The average molecular weight is 440 g/mol. The summed E-state index contributed by atoms with van der Waals surface area (Å²) in [4.78, 5) is 23.7. The quantitative estimate of drug-likeness (QED) is 0.536. The van der Waals surface area contributed by atoms with Crippen LogP contribution in [0.1, 0.15) is 40.6 Å². The minimum atomic E-state index is -2.63. The van der Waals surface area contributed by atoms with E-state index in [1.165, 1.54) is 19.5 Å². The first-order valence-corrected chi connectivity index (χ1v) is 9.82. The first-order chi connectivity index (χ1) is 13.9. The molecule has 1 aromatic carbocycles. The zero-order valence-electron chi connectivity index (χ0n) is 15.4. The number of nitrogens with zero attached hydrogens (tertiary/aromatic N) is 2. The predicted molar refractivity (Wildman–Crippen MR) is 106 cm³/mol. The fourth-order valence-corrected chi connectivity index (χ4v) is 4.43. The Hall–Kier alpha value is -2.25. The summed E-state index contributed by atoms with van der Waals surface area (Å²) >= 11 is 12.3. The van der Waals surface area contributed by atoms with Gasteiger partial charge in [-0.1, -0.05) is 29.3 Å². The molecule has 4 rings (SSSR count). The Morgan fingerprint density at radius 2 is 2.03 bits per heavy atom. The molecule has 0 saturated heterocycles. The molecule has 5 nitrogen and oxygen atoms in total. The highest BCUT2D eigenvalue weighted by Crippen LogP contribution is 2.47. The number of aryl methyl sites for hydroxylation is 1. The van der Waals surface area contributed by atoms with Crippen LogP contribution in [0, 0.1) is 5.92 Å². The molecule has 9 heteroatoms. The monoisotopic (exact) mass is 439 g/mol. The van der Waals surface area contributed by atoms with E-state index >= 15 is 0 Å². The molecule has 2 heterocycles. The van der Waals surface area contributed by atoms with Gasteiger partial charge in [0.15, 0.2) is 17.4 Å². The largest absolute Gasteiger partial charge is 0.494 e. The van der Waals surface area contributed by atoms with Gasteiger partial charge in [-0.2, -0.15) is 0 Å². The van der Waals surface area contributed by atoms with E-state index in [0.29, 0.717) is 45.1 Å². The van der Waals surface area contributed by atoms with Crippen LogP contribution < -0.4 is 4.74 Å². The number of Topliss-reactive ketones (excluding diaryl/α,β-unsaturated/α-hetero) is 1. The summed E-state index contributed by atoms with van der Waals surface area (Å²) in [5, 5.41) is 1.29. The summed E-state index contributed by atoms with van der Waals surface area (Å²) < 4.78 is 33.3. The SMILES string of the molecule is COc1cnc(C(=O)CC2CCc3[nH]c4c(Cl)c(Cl)ccc4c3C2C(F)F)nc1. The molecule has 1 aliphatic carbocycles. The number of aromatic amines is 1. The standard InChI is InChI=1S/C20H17Cl2F2N3O2/c1-29-10-7-25-20(26-8-10)14(28)6-9-2-5-13-16(15(9)19(23)24)11-3-4-12(21)17(22)18(11)27-13/h3-4,7-9,15,19,27H,2,5-6H2,1H3. The van der Waals surface area contributed by atoms with Gasteiger partial charge in [-0.25, -0.2) is 18.7 Å². The van der Waals surface area contributed by atoms with Gasteiger partial charge in [-0.05, 0) is 30.4 Å². The Kier molecular flexibility index (Phi) is 5.44. The summed E-state index contributed by atoms with van der Waals surface area (Å²) in [6, 6.07) is 3.30. The van der Waals surface area contributed by atoms with E-state index in [1.54, 1.807) is 12.1 Å². The molecule has 0 radical (unpaired) electrons. The van der Waals surface area contributed by atoms with Gasteiger partial charge in [0.2, 0.25) is 6.43 Å². The van der Waals surface area contributed by atoms with Gasteiger partial charge >= 0.3 is 0 Å². The molecule has 3 aromatic rings. The number of halogens is 4. The summed E-state index contributed by atoms with van der Waals surface area (Å²) in [6.07, 6.45) is 1.07. The second-order valence-electron chi connectivity index (χ2n) is 7.03. The van der Waals surface area contributed by atoms with E-state index < -0.39 is 18.3 Å². The third-order valence-corrected chi connectivity index (χ3v) is 6.23. The van der Waals surface area contributed by atoms with Crippen LogP contribution in [0.5, 0.6) is 5.75 Å². The van der Waals surface area contributed by atoms with Crippen molar-refractivity contribution < 1.29 is 18.3 Å². The molecule has 1 aliphatic rings. The average Bonchev–Trinajstić information content (AvgIpc) is 3.09. The van der Waals surface area contributed by atoms with Gasteiger partial charge in [-0.3, -0.25) is 4.79 Å². The van der Waals surface area contributed by atoms with Crippen molar-refractivity contribution in [2.24, 2.45) is 5.92 Å². The molecule has 2 unspecified atom stereocenters. The Morgan fingerprint density at radius 1 is 1.31 bits per heavy atom. The molecular weight excluding hydrogens is 423 g/mol. The zero-order valence-corrected chi connectivity index (χ0v) is 16.9. The number of hydrogen-bond acceptors (Lipinski definition) is 4. The maximum atomic E-state index is 14.2. The third kappa shape index (κ3) is 3.57. The van der Waals surface area contributed by atoms with Crippen molar-refractivity contribution in [3.05, 3.63) is 51.7 Å². The fraction of sp³-hybridized carbons (Fsp3) is 0.350. The number of nitrogens with one attached hydrogen (secondary N) is 1. The van der Waals surface area contributed by atoms with Crippen LogP contribution in [0.3, 0.4) is 0 Å². The summed E-state index contributed by atoms with van der Waals surface area (Å²) in [6.45, 7) is 0. The second-order valence-corrected chi connectivity index (χ2v) is 7.82. The number of alkyl halides is 2. The number of aromatic nitrogens is 3. The predicted octanol–water partition coefficient (Wildman–Crippen LogP) is 5.46. The number of hydrogen-bond donors (Lipinski definition) is 1. The van der Waals surface area contributed by atoms with E-state index in [1.807, 2.05) is 0 Å².